The molecule has 1 atom stereocenters. The lowest BCUT2D eigenvalue weighted by molar-refractivity contribution is -0.123. The van der Waals surface area contributed by atoms with Gasteiger partial charge in [-0.15, -0.1) is 0 Å². The summed E-state index contributed by atoms with van der Waals surface area (Å²) in [7, 11) is 0. The van der Waals surface area contributed by atoms with Gasteiger partial charge in [0, 0.05) is 12.3 Å². The molecule has 20 heavy (non-hydrogen) atoms. The molecule has 1 unspecified atom stereocenters. The zero-order valence-corrected chi connectivity index (χ0v) is 12.7. The quantitative estimate of drug-likeness (QED) is 0.711. The molecule has 0 N–H and O–H groups in total. The number of rotatable bonds is 2. The van der Waals surface area contributed by atoms with E-state index in [9.17, 15) is 4.79 Å². The predicted molar refractivity (Wildman–Crippen MR) is 84.8 cm³/mol. The highest BCUT2D eigenvalue weighted by Gasteiger charge is 2.18. The van der Waals surface area contributed by atoms with Gasteiger partial charge in [0.25, 0.3) is 0 Å². The molecule has 0 aliphatic heterocycles. The zero-order chi connectivity index (χ0) is 14.0. The topological polar surface area (TPSA) is 17.1 Å². The summed E-state index contributed by atoms with van der Waals surface area (Å²) in [4.78, 5) is 12.4. The first-order valence-corrected chi connectivity index (χ1v) is 8.43. The molecular formula is C19H28O. The Kier molecular flexibility index (Phi) is 6.83. The molecule has 0 amide bonds. The summed E-state index contributed by atoms with van der Waals surface area (Å²) in [6.07, 6.45) is 13.1. The van der Waals surface area contributed by atoms with Crippen LogP contribution in [0.2, 0.25) is 0 Å². The molecule has 0 spiro atoms. The largest absolute Gasteiger partial charge is 0.299 e. The van der Waals surface area contributed by atoms with Crippen LogP contribution in [-0.2, 0) is 11.2 Å². The van der Waals surface area contributed by atoms with Gasteiger partial charge in [0.05, 0.1) is 0 Å². The summed E-state index contributed by atoms with van der Waals surface area (Å²) in [6, 6.07) is 10.5. The van der Waals surface area contributed by atoms with Crippen LogP contribution in [0.1, 0.15) is 69.8 Å². The number of ketones is 1. The smallest absolute Gasteiger partial charge is 0.136 e. The summed E-state index contributed by atoms with van der Waals surface area (Å²) in [5, 5.41) is 0. The van der Waals surface area contributed by atoms with Crippen molar-refractivity contribution in [1.82, 2.24) is 0 Å². The lowest BCUT2D eigenvalue weighted by Gasteiger charge is -2.17. The van der Waals surface area contributed by atoms with Gasteiger partial charge in [-0.25, -0.2) is 0 Å². The minimum absolute atomic E-state index is 0.261. The Morgan fingerprint density at radius 3 is 2.10 bits per heavy atom. The summed E-state index contributed by atoms with van der Waals surface area (Å²) >= 11 is 0. The molecule has 0 saturated heterocycles. The van der Waals surface area contributed by atoms with Crippen LogP contribution in [0.25, 0.3) is 0 Å². The average molecular weight is 272 g/mol. The van der Waals surface area contributed by atoms with Crippen LogP contribution in [0.15, 0.2) is 30.3 Å². The van der Waals surface area contributed by atoms with Crippen molar-refractivity contribution in [3.63, 3.8) is 0 Å². The summed E-state index contributed by atoms with van der Waals surface area (Å²) in [6.45, 7) is 0. The standard InChI is InChI=1S/C19H28O/c20-19-15-11-6-4-2-1-3-5-10-14-18(19)16-17-12-8-7-9-13-17/h7-9,12-13,18H,1-6,10-11,14-16H2. The fraction of sp³-hybridized carbons (Fsp3) is 0.632. The van der Waals surface area contributed by atoms with E-state index in [1.54, 1.807) is 0 Å². The molecule has 1 heteroatoms. The SMILES string of the molecule is O=C1CCCCCCCCCCC1Cc1ccccc1. The molecule has 1 aliphatic carbocycles. The van der Waals surface area contributed by atoms with E-state index in [0.29, 0.717) is 5.78 Å². The highest BCUT2D eigenvalue weighted by molar-refractivity contribution is 5.81. The van der Waals surface area contributed by atoms with Crippen molar-refractivity contribution in [3.8, 4) is 0 Å². The van der Waals surface area contributed by atoms with Crippen molar-refractivity contribution in [2.24, 2.45) is 5.92 Å². The third-order valence-electron chi connectivity index (χ3n) is 4.51. The molecule has 1 nitrogen and oxygen atoms in total. The molecule has 1 saturated carbocycles. The van der Waals surface area contributed by atoms with Gasteiger partial charge in [-0.05, 0) is 24.8 Å². The van der Waals surface area contributed by atoms with E-state index in [0.717, 1.165) is 25.7 Å². The highest BCUT2D eigenvalue weighted by atomic mass is 16.1. The van der Waals surface area contributed by atoms with Crippen LogP contribution >= 0.6 is 0 Å². The van der Waals surface area contributed by atoms with Gasteiger partial charge in [0.1, 0.15) is 5.78 Å². The molecule has 0 heterocycles. The minimum atomic E-state index is 0.261. The third-order valence-corrected chi connectivity index (χ3v) is 4.51. The maximum atomic E-state index is 12.4. The number of carbonyl (C=O) groups is 1. The van der Waals surface area contributed by atoms with Crippen molar-refractivity contribution < 1.29 is 4.79 Å². The van der Waals surface area contributed by atoms with E-state index in [2.05, 4.69) is 24.3 Å². The number of carbonyl (C=O) groups excluding carboxylic acids is 1. The highest BCUT2D eigenvalue weighted by Crippen LogP contribution is 2.22. The van der Waals surface area contributed by atoms with Gasteiger partial charge in [-0.3, -0.25) is 4.79 Å². The van der Waals surface area contributed by atoms with Gasteiger partial charge in [-0.1, -0.05) is 75.3 Å². The van der Waals surface area contributed by atoms with E-state index in [1.807, 2.05) is 6.07 Å². The van der Waals surface area contributed by atoms with Crippen molar-refractivity contribution >= 4 is 5.78 Å². The van der Waals surface area contributed by atoms with Gasteiger partial charge >= 0.3 is 0 Å². The fourth-order valence-electron chi connectivity index (χ4n) is 3.23. The molecule has 1 aromatic rings. The zero-order valence-electron chi connectivity index (χ0n) is 12.7. The van der Waals surface area contributed by atoms with Crippen LogP contribution in [0.3, 0.4) is 0 Å². The molecule has 0 aromatic heterocycles. The predicted octanol–water partition coefficient (Wildman–Crippen LogP) is 5.33. The lowest BCUT2D eigenvalue weighted by atomic mass is 9.87. The minimum Gasteiger partial charge on any atom is -0.299 e. The number of hydrogen-bond donors (Lipinski definition) is 0. The van der Waals surface area contributed by atoms with Gasteiger partial charge < -0.3 is 0 Å². The maximum absolute atomic E-state index is 12.4. The number of benzene rings is 1. The van der Waals surface area contributed by atoms with E-state index < -0.39 is 0 Å². The Morgan fingerprint density at radius 2 is 1.40 bits per heavy atom. The maximum Gasteiger partial charge on any atom is 0.136 e. The van der Waals surface area contributed by atoms with E-state index in [1.165, 1.54) is 50.5 Å². The molecule has 1 aromatic carbocycles. The van der Waals surface area contributed by atoms with E-state index in [-0.39, 0.29) is 5.92 Å². The molecule has 2 rings (SSSR count). The van der Waals surface area contributed by atoms with Gasteiger partial charge in [-0.2, -0.15) is 0 Å². The molecular weight excluding hydrogens is 244 g/mol. The molecule has 1 fully saturated rings. The first kappa shape index (κ1) is 15.3. The number of Topliss-reactive ketones (excluding diaryl/α,β-unsaturated/α-hetero) is 1. The normalized spacial score (nSPS) is 22.8. The second-order valence-electron chi connectivity index (χ2n) is 6.22. The third kappa shape index (κ3) is 5.48. The van der Waals surface area contributed by atoms with Crippen molar-refractivity contribution in [2.75, 3.05) is 0 Å². The van der Waals surface area contributed by atoms with Crippen LogP contribution in [0.5, 0.6) is 0 Å². The Morgan fingerprint density at radius 1 is 0.800 bits per heavy atom. The van der Waals surface area contributed by atoms with Crippen LogP contribution in [0.4, 0.5) is 0 Å². The second kappa shape index (κ2) is 8.94. The second-order valence-corrected chi connectivity index (χ2v) is 6.22. The van der Waals surface area contributed by atoms with Crippen LogP contribution < -0.4 is 0 Å². The average Bonchev–Trinajstić information content (AvgIpc) is 2.47. The summed E-state index contributed by atoms with van der Waals surface area (Å²) < 4.78 is 0. The lowest BCUT2D eigenvalue weighted by Crippen LogP contribution is -2.17. The van der Waals surface area contributed by atoms with Gasteiger partial charge in [0.2, 0.25) is 0 Å². The van der Waals surface area contributed by atoms with E-state index >= 15 is 0 Å². The van der Waals surface area contributed by atoms with Crippen molar-refractivity contribution in [2.45, 2.75) is 70.6 Å². The Hall–Kier alpha value is -1.11. The van der Waals surface area contributed by atoms with E-state index in [4.69, 9.17) is 0 Å². The Labute approximate surface area is 123 Å². The molecule has 0 radical (unpaired) electrons. The van der Waals surface area contributed by atoms with Crippen molar-refractivity contribution in [3.05, 3.63) is 35.9 Å². The number of hydrogen-bond acceptors (Lipinski definition) is 1. The first-order chi connectivity index (χ1) is 9.86. The summed E-state index contributed by atoms with van der Waals surface area (Å²) in [5.41, 5.74) is 1.32. The summed E-state index contributed by atoms with van der Waals surface area (Å²) in [5.74, 6) is 0.770. The monoisotopic (exact) mass is 272 g/mol. The Balaban J connectivity index is 1.92. The van der Waals surface area contributed by atoms with Crippen molar-refractivity contribution in [1.29, 1.82) is 0 Å². The molecule has 110 valence electrons. The first-order valence-electron chi connectivity index (χ1n) is 8.43. The van der Waals surface area contributed by atoms with Crippen LogP contribution in [0, 0.1) is 5.92 Å². The fourth-order valence-corrected chi connectivity index (χ4v) is 3.23. The molecule has 1 aliphatic rings. The Bertz CT molecular complexity index is 382. The van der Waals surface area contributed by atoms with Crippen LogP contribution in [-0.4, -0.2) is 5.78 Å². The van der Waals surface area contributed by atoms with Gasteiger partial charge in [0.15, 0.2) is 0 Å². The molecule has 0 bridgehead atoms.